The van der Waals surface area contributed by atoms with E-state index in [0.717, 1.165) is 22.7 Å². The van der Waals surface area contributed by atoms with Gasteiger partial charge in [-0.05, 0) is 25.1 Å². The maximum absolute atomic E-state index is 4.39. The summed E-state index contributed by atoms with van der Waals surface area (Å²) in [5.41, 5.74) is 7.84. The number of para-hydroxylation sites is 1. The van der Waals surface area contributed by atoms with E-state index in [1.54, 1.807) is 6.20 Å². The molecule has 0 saturated heterocycles. The molecular formula is C13H11N4. The Bertz CT molecular complexity index is 593. The van der Waals surface area contributed by atoms with Crippen molar-refractivity contribution in [2.75, 3.05) is 0 Å². The first-order valence-corrected chi connectivity index (χ1v) is 5.41. The number of hydrogen-bond acceptors (Lipinski definition) is 2. The first-order valence-electron chi connectivity index (χ1n) is 5.41. The summed E-state index contributed by atoms with van der Waals surface area (Å²) in [7, 11) is 0. The quantitative estimate of drug-likeness (QED) is 0.768. The lowest BCUT2D eigenvalue weighted by Crippen LogP contribution is -2.01. The van der Waals surface area contributed by atoms with Crippen LogP contribution in [0.25, 0.3) is 5.69 Å². The van der Waals surface area contributed by atoms with E-state index in [4.69, 9.17) is 0 Å². The average molecular weight is 223 g/mol. The zero-order chi connectivity index (χ0) is 11.7. The molecule has 1 aromatic carbocycles. The molecule has 4 nitrogen and oxygen atoms in total. The molecule has 0 aliphatic carbocycles. The minimum absolute atomic E-state index is 0.865. The molecule has 2 heterocycles. The second kappa shape index (κ2) is 3.90. The third-order valence-electron chi connectivity index (χ3n) is 2.75. The molecule has 17 heavy (non-hydrogen) atoms. The van der Waals surface area contributed by atoms with E-state index >= 15 is 0 Å². The van der Waals surface area contributed by atoms with Crippen molar-refractivity contribution in [3.63, 3.8) is 0 Å². The highest BCUT2D eigenvalue weighted by molar-refractivity contribution is 6.10. The fraction of sp³-hybridized carbons (Fsp3) is 0.0769. The second-order valence-electron chi connectivity index (χ2n) is 3.81. The van der Waals surface area contributed by atoms with Crippen LogP contribution in [0.3, 0.4) is 0 Å². The predicted molar refractivity (Wildman–Crippen MR) is 66.1 cm³/mol. The Kier molecular flexibility index (Phi) is 2.26. The van der Waals surface area contributed by atoms with Crippen LogP contribution in [0.2, 0.25) is 0 Å². The lowest BCUT2D eigenvalue weighted by molar-refractivity contribution is 0.847. The maximum atomic E-state index is 4.39. The topological polar surface area (TPSA) is 44.3 Å². The van der Waals surface area contributed by atoms with Gasteiger partial charge >= 0.3 is 0 Å². The molecule has 2 aromatic rings. The van der Waals surface area contributed by atoms with Crippen molar-refractivity contribution in [2.45, 2.75) is 6.92 Å². The fourth-order valence-electron chi connectivity index (χ4n) is 1.87. The molecule has 0 bridgehead atoms. The Morgan fingerprint density at radius 3 is 2.65 bits per heavy atom. The van der Waals surface area contributed by atoms with Crippen LogP contribution in [0.4, 0.5) is 0 Å². The number of nitrogens with zero attached hydrogens (tertiary/aromatic N) is 4. The van der Waals surface area contributed by atoms with Crippen LogP contribution in [0.1, 0.15) is 11.3 Å². The standard InChI is InChI=1S/C13H11N4/c1-10-12(13-7-8-14-16-13)9-15-17(10)11-5-3-2-4-6-11/h2-9H,1H3. The van der Waals surface area contributed by atoms with Gasteiger partial charge in [0.15, 0.2) is 0 Å². The molecule has 4 heteroatoms. The Morgan fingerprint density at radius 1 is 1.12 bits per heavy atom. The molecule has 0 amide bonds. The van der Waals surface area contributed by atoms with Crippen molar-refractivity contribution < 1.29 is 0 Å². The smallest absolute Gasteiger partial charge is 0.0979 e. The van der Waals surface area contributed by atoms with Crippen LogP contribution in [-0.2, 0) is 0 Å². The van der Waals surface area contributed by atoms with Crippen LogP contribution in [0.5, 0.6) is 0 Å². The molecule has 0 N–H and O–H groups in total. The normalized spacial score (nSPS) is 13.6. The molecule has 1 radical (unpaired) electrons. The van der Waals surface area contributed by atoms with Gasteiger partial charge in [-0.3, -0.25) is 0 Å². The molecule has 83 valence electrons. The maximum Gasteiger partial charge on any atom is 0.0979 e. The van der Waals surface area contributed by atoms with Crippen molar-refractivity contribution in [1.82, 2.24) is 15.2 Å². The Morgan fingerprint density at radius 2 is 1.94 bits per heavy atom. The van der Waals surface area contributed by atoms with E-state index in [1.165, 1.54) is 0 Å². The Labute approximate surface area is 99.3 Å². The first-order chi connectivity index (χ1) is 8.36. The number of benzene rings is 1. The number of hydrogen-bond donors (Lipinski definition) is 0. The van der Waals surface area contributed by atoms with Crippen LogP contribution >= 0.6 is 0 Å². The predicted octanol–water partition coefficient (Wildman–Crippen LogP) is 2.02. The molecule has 1 aliphatic rings. The number of aromatic nitrogens is 2. The third-order valence-corrected chi connectivity index (χ3v) is 2.75. The third kappa shape index (κ3) is 1.63. The monoisotopic (exact) mass is 223 g/mol. The van der Waals surface area contributed by atoms with Crippen LogP contribution in [0.15, 0.2) is 53.9 Å². The van der Waals surface area contributed by atoms with E-state index in [9.17, 15) is 0 Å². The number of rotatable bonds is 2. The van der Waals surface area contributed by atoms with Crippen molar-refractivity contribution >= 4 is 5.71 Å². The molecule has 0 saturated carbocycles. The zero-order valence-corrected chi connectivity index (χ0v) is 9.41. The summed E-state index contributed by atoms with van der Waals surface area (Å²) < 4.78 is 1.91. The highest BCUT2D eigenvalue weighted by Gasteiger charge is 2.13. The van der Waals surface area contributed by atoms with Gasteiger partial charge in [0.05, 0.1) is 29.5 Å². The van der Waals surface area contributed by atoms with Gasteiger partial charge in [0.2, 0.25) is 0 Å². The van der Waals surface area contributed by atoms with Gasteiger partial charge in [0.1, 0.15) is 0 Å². The molecule has 0 spiro atoms. The van der Waals surface area contributed by atoms with Crippen LogP contribution < -0.4 is 5.43 Å². The van der Waals surface area contributed by atoms with Gasteiger partial charge in [-0.15, -0.1) is 0 Å². The average Bonchev–Trinajstić information content (AvgIpc) is 2.99. The van der Waals surface area contributed by atoms with Gasteiger partial charge in [-0.2, -0.15) is 15.6 Å². The Balaban J connectivity index is 2.07. The van der Waals surface area contributed by atoms with Crippen LogP contribution in [-0.4, -0.2) is 15.5 Å². The highest BCUT2D eigenvalue weighted by Crippen LogP contribution is 2.16. The van der Waals surface area contributed by atoms with Gasteiger partial charge in [0, 0.05) is 5.56 Å². The minimum Gasteiger partial charge on any atom is -0.237 e. The molecular weight excluding hydrogens is 212 g/mol. The first kappa shape index (κ1) is 9.84. The lowest BCUT2D eigenvalue weighted by atomic mass is 10.1. The van der Waals surface area contributed by atoms with E-state index in [0.29, 0.717) is 0 Å². The summed E-state index contributed by atoms with van der Waals surface area (Å²) in [4.78, 5) is 0. The van der Waals surface area contributed by atoms with Gasteiger partial charge < -0.3 is 0 Å². The van der Waals surface area contributed by atoms with Crippen LogP contribution in [0, 0.1) is 6.92 Å². The summed E-state index contributed by atoms with van der Waals surface area (Å²) >= 11 is 0. The molecule has 0 atom stereocenters. The van der Waals surface area contributed by atoms with Crippen molar-refractivity contribution in [2.24, 2.45) is 5.10 Å². The molecule has 0 unspecified atom stereocenters. The largest absolute Gasteiger partial charge is 0.237 e. The molecule has 3 rings (SSSR count). The summed E-state index contributed by atoms with van der Waals surface area (Å²) in [5.74, 6) is 0. The number of allylic oxidation sites excluding steroid dienone is 1. The Hall–Kier alpha value is -2.36. The van der Waals surface area contributed by atoms with Crippen molar-refractivity contribution in [3.05, 3.63) is 60.1 Å². The summed E-state index contributed by atoms with van der Waals surface area (Å²) in [6, 6.07) is 10.0. The summed E-state index contributed by atoms with van der Waals surface area (Å²) in [6.45, 7) is 2.03. The van der Waals surface area contributed by atoms with E-state index in [2.05, 4.69) is 15.6 Å². The summed E-state index contributed by atoms with van der Waals surface area (Å²) in [6.07, 6.45) is 5.40. The molecule has 1 aromatic heterocycles. The van der Waals surface area contributed by atoms with Gasteiger partial charge in [-0.25, -0.2) is 4.68 Å². The van der Waals surface area contributed by atoms with Gasteiger partial charge in [-0.1, -0.05) is 18.2 Å². The SMILES string of the molecule is Cc1c(C2=N[N]C=C2)cnn1-c1ccccc1. The van der Waals surface area contributed by atoms with E-state index < -0.39 is 0 Å². The van der Waals surface area contributed by atoms with Gasteiger partial charge in [0.25, 0.3) is 0 Å². The van der Waals surface area contributed by atoms with Crippen molar-refractivity contribution in [3.8, 4) is 5.69 Å². The highest BCUT2D eigenvalue weighted by atomic mass is 15.3. The van der Waals surface area contributed by atoms with E-state index in [1.807, 2.05) is 54.2 Å². The minimum atomic E-state index is 0.865. The van der Waals surface area contributed by atoms with Crippen molar-refractivity contribution in [1.29, 1.82) is 0 Å². The lowest BCUT2D eigenvalue weighted by Gasteiger charge is -2.04. The molecule has 0 fully saturated rings. The molecule has 1 aliphatic heterocycles. The fourth-order valence-corrected chi connectivity index (χ4v) is 1.87. The zero-order valence-electron chi connectivity index (χ0n) is 9.41. The second-order valence-corrected chi connectivity index (χ2v) is 3.81. The van der Waals surface area contributed by atoms with E-state index in [-0.39, 0.29) is 0 Å². The summed E-state index contributed by atoms with van der Waals surface area (Å²) in [5, 5.41) is 8.44.